The molecule has 5 heteroatoms. The molecule has 0 atom stereocenters. The Balaban J connectivity index is 1.60. The molecule has 0 bridgehead atoms. The van der Waals surface area contributed by atoms with Gasteiger partial charge in [0.25, 0.3) is 5.91 Å². The van der Waals surface area contributed by atoms with Gasteiger partial charge < -0.3 is 15.4 Å². The van der Waals surface area contributed by atoms with Crippen molar-refractivity contribution in [3.8, 4) is 5.75 Å². The van der Waals surface area contributed by atoms with Gasteiger partial charge in [0.2, 0.25) is 0 Å². The van der Waals surface area contributed by atoms with Gasteiger partial charge in [0.15, 0.2) is 0 Å². The van der Waals surface area contributed by atoms with E-state index in [0.29, 0.717) is 23.7 Å². The van der Waals surface area contributed by atoms with E-state index in [1.54, 1.807) is 31.5 Å². The molecule has 0 spiro atoms. The first kappa shape index (κ1) is 17.5. The SMILES string of the molecule is COc1cccc(NC(=O)c2ccc(NCc3cccc(C)c3)cn2)c1. The first-order valence-electron chi connectivity index (χ1n) is 8.35. The fourth-order valence-electron chi connectivity index (χ4n) is 2.55. The number of aryl methyl sites for hydroxylation is 1. The number of carbonyl (C=O) groups excluding carboxylic acids is 1. The van der Waals surface area contributed by atoms with E-state index < -0.39 is 0 Å². The lowest BCUT2D eigenvalue weighted by atomic mass is 10.1. The normalized spacial score (nSPS) is 10.2. The molecule has 1 heterocycles. The quantitative estimate of drug-likeness (QED) is 0.699. The number of anilines is 2. The van der Waals surface area contributed by atoms with Crippen LogP contribution in [0.1, 0.15) is 21.6 Å². The molecule has 1 amide bonds. The van der Waals surface area contributed by atoms with Crippen LogP contribution in [-0.2, 0) is 6.54 Å². The minimum absolute atomic E-state index is 0.261. The van der Waals surface area contributed by atoms with Crippen LogP contribution in [0.15, 0.2) is 66.9 Å². The third kappa shape index (κ3) is 4.60. The van der Waals surface area contributed by atoms with E-state index in [-0.39, 0.29) is 5.91 Å². The number of ether oxygens (including phenoxy) is 1. The number of amides is 1. The maximum atomic E-state index is 12.3. The van der Waals surface area contributed by atoms with Crippen LogP contribution in [0.25, 0.3) is 0 Å². The Hall–Kier alpha value is -3.34. The number of hydrogen-bond donors (Lipinski definition) is 2. The zero-order valence-electron chi connectivity index (χ0n) is 14.8. The first-order valence-corrected chi connectivity index (χ1v) is 8.35. The van der Waals surface area contributed by atoms with Crippen molar-refractivity contribution in [3.63, 3.8) is 0 Å². The van der Waals surface area contributed by atoms with Crippen LogP contribution in [-0.4, -0.2) is 18.0 Å². The van der Waals surface area contributed by atoms with Crippen molar-refractivity contribution in [1.29, 1.82) is 0 Å². The second kappa shape index (κ2) is 8.16. The number of nitrogens with one attached hydrogen (secondary N) is 2. The molecule has 5 nitrogen and oxygen atoms in total. The van der Waals surface area contributed by atoms with Crippen LogP contribution in [0, 0.1) is 6.92 Å². The van der Waals surface area contributed by atoms with E-state index in [0.717, 1.165) is 5.69 Å². The molecular formula is C21H21N3O2. The number of pyridine rings is 1. The highest BCUT2D eigenvalue weighted by atomic mass is 16.5. The molecule has 0 fully saturated rings. The van der Waals surface area contributed by atoms with E-state index in [1.807, 2.05) is 24.3 Å². The molecule has 0 aliphatic rings. The molecule has 1 aromatic heterocycles. The van der Waals surface area contributed by atoms with Crippen LogP contribution >= 0.6 is 0 Å². The lowest BCUT2D eigenvalue weighted by Crippen LogP contribution is -2.13. The van der Waals surface area contributed by atoms with Crippen LogP contribution in [0.4, 0.5) is 11.4 Å². The number of benzene rings is 2. The Morgan fingerprint density at radius 1 is 1.04 bits per heavy atom. The first-order chi connectivity index (χ1) is 12.6. The van der Waals surface area contributed by atoms with E-state index in [1.165, 1.54) is 11.1 Å². The molecule has 3 aromatic rings. The largest absolute Gasteiger partial charge is 0.497 e. The van der Waals surface area contributed by atoms with Crippen LogP contribution in [0.5, 0.6) is 5.75 Å². The van der Waals surface area contributed by atoms with Crippen molar-refractivity contribution in [2.75, 3.05) is 17.7 Å². The highest BCUT2D eigenvalue weighted by molar-refractivity contribution is 6.03. The van der Waals surface area contributed by atoms with Crippen LogP contribution in [0.3, 0.4) is 0 Å². The summed E-state index contributed by atoms with van der Waals surface area (Å²) in [6, 6.07) is 19.1. The van der Waals surface area contributed by atoms with Gasteiger partial charge in [0, 0.05) is 18.3 Å². The summed E-state index contributed by atoms with van der Waals surface area (Å²) in [5, 5.41) is 6.12. The van der Waals surface area contributed by atoms with Gasteiger partial charge >= 0.3 is 0 Å². The van der Waals surface area contributed by atoms with E-state index >= 15 is 0 Å². The monoisotopic (exact) mass is 347 g/mol. The Kier molecular flexibility index (Phi) is 5.49. The fourth-order valence-corrected chi connectivity index (χ4v) is 2.55. The highest BCUT2D eigenvalue weighted by Gasteiger charge is 2.08. The van der Waals surface area contributed by atoms with Gasteiger partial charge in [-0.15, -0.1) is 0 Å². The zero-order chi connectivity index (χ0) is 18.4. The molecular weight excluding hydrogens is 326 g/mol. The number of carbonyl (C=O) groups is 1. The number of nitrogens with zero attached hydrogens (tertiary/aromatic N) is 1. The lowest BCUT2D eigenvalue weighted by Gasteiger charge is -2.09. The van der Waals surface area contributed by atoms with E-state index in [9.17, 15) is 4.79 Å². The Labute approximate surface area is 153 Å². The van der Waals surface area contributed by atoms with Gasteiger partial charge in [-0.05, 0) is 36.8 Å². The number of methoxy groups -OCH3 is 1. The molecule has 2 aromatic carbocycles. The van der Waals surface area contributed by atoms with Crippen molar-refractivity contribution < 1.29 is 9.53 Å². The summed E-state index contributed by atoms with van der Waals surface area (Å²) in [6.07, 6.45) is 1.66. The highest BCUT2D eigenvalue weighted by Crippen LogP contribution is 2.17. The summed E-state index contributed by atoms with van der Waals surface area (Å²) >= 11 is 0. The maximum Gasteiger partial charge on any atom is 0.274 e. The molecule has 0 saturated heterocycles. The van der Waals surface area contributed by atoms with Gasteiger partial charge in [-0.3, -0.25) is 4.79 Å². The second-order valence-corrected chi connectivity index (χ2v) is 5.96. The Morgan fingerprint density at radius 3 is 2.62 bits per heavy atom. The summed E-state index contributed by atoms with van der Waals surface area (Å²) in [4.78, 5) is 16.5. The number of rotatable bonds is 6. The molecule has 26 heavy (non-hydrogen) atoms. The van der Waals surface area contributed by atoms with Gasteiger partial charge in [-0.1, -0.05) is 35.9 Å². The summed E-state index contributed by atoms with van der Waals surface area (Å²) < 4.78 is 5.15. The van der Waals surface area contributed by atoms with Gasteiger partial charge in [-0.25, -0.2) is 4.98 Å². The topological polar surface area (TPSA) is 63.2 Å². The molecule has 0 radical (unpaired) electrons. The smallest absolute Gasteiger partial charge is 0.274 e. The second-order valence-electron chi connectivity index (χ2n) is 5.96. The van der Waals surface area contributed by atoms with E-state index in [4.69, 9.17) is 4.74 Å². The minimum Gasteiger partial charge on any atom is -0.497 e. The van der Waals surface area contributed by atoms with Gasteiger partial charge in [0.05, 0.1) is 19.0 Å². The summed E-state index contributed by atoms with van der Waals surface area (Å²) in [5.41, 5.74) is 4.31. The van der Waals surface area contributed by atoms with Crippen molar-refractivity contribution in [1.82, 2.24) is 4.98 Å². The van der Waals surface area contributed by atoms with Gasteiger partial charge in [0.1, 0.15) is 11.4 Å². The summed E-state index contributed by atoms with van der Waals surface area (Å²) in [7, 11) is 1.59. The molecule has 0 aliphatic heterocycles. The molecule has 3 rings (SSSR count). The zero-order valence-corrected chi connectivity index (χ0v) is 14.8. The van der Waals surface area contributed by atoms with Crippen molar-refractivity contribution in [3.05, 3.63) is 83.7 Å². The van der Waals surface area contributed by atoms with Crippen LogP contribution < -0.4 is 15.4 Å². The standard InChI is InChI=1S/C21H21N3O2/c1-15-5-3-6-16(11-15)13-22-18-9-10-20(23-14-18)21(25)24-17-7-4-8-19(12-17)26-2/h3-12,14,22H,13H2,1-2H3,(H,24,25). The van der Waals surface area contributed by atoms with Crippen LogP contribution in [0.2, 0.25) is 0 Å². The maximum absolute atomic E-state index is 12.3. The molecule has 0 aliphatic carbocycles. The van der Waals surface area contributed by atoms with Crippen molar-refractivity contribution in [2.24, 2.45) is 0 Å². The fraction of sp³-hybridized carbons (Fsp3) is 0.143. The molecule has 0 saturated carbocycles. The predicted octanol–water partition coefficient (Wildman–Crippen LogP) is 4.26. The Morgan fingerprint density at radius 2 is 1.88 bits per heavy atom. The Bertz CT molecular complexity index is 892. The van der Waals surface area contributed by atoms with Gasteiger partial charge in [-0.2, -0.15) is 0 Å². The predicted molar refractivity (Wildman–Crippen MR) is 104 cm³/mol. The molecule has 2 N–H and O–H groups in total. The lowest BCUT2D eigenvalue weighted by molar-refractivity contribution is 0.102. The molecule has 132 valence electrons. The van der Waals surface area contributed by atoms with E-state index in [2.05, 4.69) is 40.7 Å². The third-order valence-corrected chi connectivity index (χ3v) is 3.90. The van der Waals surface area contributed by atoms with Crippen molar-refractivity contribution >= 4 is 17.3 Å². The molecule has 0 unspecified atom stereocenters. The third-order valence-electron chi connectivity index (χ3n) is 3.90. The average Bonchev–Trinajstić information content (AvgIpc) is 2.67. The average molecular weight is 347 g/mol. The number of hydrogen-bond acceptors (Lipinski definition) is 4. The number of aromatic nitrogens is 1. The minimum atomic E-state index is -0.261. The summed E-state index contributed by atoms with van der Waals surface area (Å²) in [6.45, 7) is 2.78. The van der Waals surface area contributed by atoms with Crippen molar-refractivity contribution in [2.45, 2.75) is 13.5 Å². The summed E-state index contributed by atoms with van der Waals surface area (Å²) in [5.74, 6) is 0.426.